The predicted molar refractivity (Wildman–Crippen MR) is 84.1 cm³/mol. The van der Waals surface area contributed by atoms with Crippen molar-refractivity contribution in [1.82, 2.24) is 4.90 Å². The standard InChI is InChI=1S/C17H25FN2O2/c1-17(2,3)22-16(21)20-9-7-12(8-10-20)15-13(11-19)5-4-6-14(15)18/h4-6,12H,7-11,19H2,1-3H3. The maximum atomic E-state index is 14.1. The number of rotatable bonds is 2. The molecule has 1 aliphatic heterocycles. The molecule has 1 heterocycles. The minimum atomic E-state index is -0.494. The van der Waals surface area contributed by atoms with E-state index in [1.165, 1.54) is 6.07 Å². The zero-order valence-corrected chi connectivity index (χ0v) is 13.6. The Labute approximate surface area is 131 Å². The summed E-state index contributed by atoms with van der Waals surface area (Å²) in [5.41, 5.74) is 6.80. The van der Waals surface area contributed by atoms with E-state index in [2.05, 4.69) is 0 Å². The smallest absolute Gasteiger partial charge is 0.410 e. The van der Waals surface area contributed by atoms with Crippen LogP contribution in [-0.2, 0) is 11.3 Å². The highest BCUT2D eigenvalue weighted by Gasteiger charge is 2.29. The van der Waals surface area contributed by atoms with Gasteiger partial charge in [-0.05, 0) is 56.7 Å². The Morgan fingerprint density at radius 2 is 2.00 bits per heavy atom. The first-order valence-electron chi connectivity index (χ1n) is 7.77. The molecular weight excluding hydrogens is 283 g/mol. The summed E-state index contributed by atoms with van der Waals surface area (Å²) in [5, 5.41) is 0. The van der Waals surface area contributed by atoms with Crippen molar-refractivity contribution in [3.05, 3.63) is 35.1 Å². The second-order valence-corrected chi connectivity index (χ2v) is 6.76. The van der Waals surface area contributed by atoms with Crippen molar-refractivity contribution in [2.75, 3.05) is 13.1 Å². The van der Waals surface area contributed by atoms with Crippen molar-refractivity contribution in [1.29, 1.82) is 0 Å². The lowest BCUT2D eigenvalue weighted by atomic mass is 9.86. The Morgan fingerprint density at radius 3 is 2.55 bits per heavy atom. The molecule has 122 valence electrons. The van der Waals surface area contributed by atoms with E-state index in [4.69, 9.17) is 10.5 Å². The first-order chi connectivity index (χ1) is 10.3. The summed E-state index contributed by atoms with van der Waals surface area (Å²) in [6.45, 7) is 7.05. The largest absolute Gasteiger partial charge is 0.444 e. The van der Waals surface area contributed by atoms with E-state index in [0.29, 0.717) is 25.2 Å². The third-order valence-corrected chi connectivity index (χ3v) is 3.92. The number of amides is 1. The highest BCUT2D eigenvalue weighted by Crippen LogP contribution is 2.32. The van der Waals surface area contributed by atoms with Crippen LogP contribution in [0.25, 0.3) is 0 Å². The molecule has 2 rings (SSSR count). The number of carbonyl (C=O) groups is 1. The van der Waals surface area contributed by atoms with E-state index < -0.39 is 5.60 Å². The molecule has 1 fully saturated rings. The van der Waals surface area contributed by atoms with Crippen LogP contribution in [0.2, 0.25) is 0 Å². The fraction of sp³-hybridized carbons (Fsp3) is 0.588. The van der Waals surface area contributed by atoms with E-state index in [1.54, 1.807) is 11.0 Å². The van der Waals surface area contributed by atoms with E-state index in [-0.39, 0.29) is 17.8 Å². The molecule has 0 saturated carbocycles. The third-order valence-electron chi connectivity index (χ3n) is 3.92. The molecule has 1 aromatic rings. The first kappa shape index (κ1) is 16.7. The normalized spacial score (nSPS) is 16.7. The molecular formula is C17H25FN2O2. The van der Waals surface area contributed by atoms with Crippen molar-refractivity contribution in [2.45, 2.75) is 51.7 Å². The van der Waals surface area contributed by atoms with Crippen LogP contribution >= 0.6 is 0 Å². The zero-order valence-electron chi connectivity index (χ0n) is 13.6. The molecule has 4 nitrogen and oxygen atoms in total. The monoisotopic (exact) mass is 308 g/mol. The maximum absolute atomic E-state index is 14.1. The van der Waals surface area contributed by atoms with Gasteiger partial charge in [0.1, 0.15) is 11.4 Å². The van der Waals surface area contributed by atoms with Gasteiger partial charge in [-0.2, -0.15) is 0 Å². The van der Waals surface area contributed by atoms with Crippen molar-refractivity contribution < 1.29 is 13.9 Å². The quantitative estimate of drug-likeness (QED) is 0.911. The van der Waals surface area contributed by atoms with Crippen LogP contribution in [0.1, 0.15) is 50.7 Å². The van der Waals surface area contributed by atoms with Gasteiger partial charge in [0.2, 0.25) is 0 Å². The van der Waals surface area contributed by atoms with Gasteiger partial charge in [0.05, 0.1) is 0 Å². The SMILES string of the molecule is CC(C)(C)OC(=O)N1CCC(c2c(F)cccc2CN)CC1. The summed E-state index contributed by atoms with van der Waals surface area (Å²) in [5.74, 6) is -0.0860. The van der Waals surface area contributed by atoms with Crippen LogP contribution in [-0.4, -0.2) is 29.7 Å². The Hall–Kier alpha value is -1.62. The number of hydrogen-bond acceptors (Lipinski definition) is 3. The van der Waals surface area contributed by atoms with Crippen molar-refractivity contribution in [3.8, 4) is 0 Å². The van der Waals surface area contributed by atoms with E-state index in [1.807, 2.05) is 26.8 Å². The number of nitrogens with two attached hydrogens (primary N) is 1. The number of piperidine rings is 1. The van der Waals surface area contributed by atoms with Gasteiger partial charge in [-0.15, -0.1) is 0 Å². The molecule has 22 heavy (non-hydrogen) atoms. The number of halogens is 1. The summed E-state index contributed by atoms with van der Waals surface area (Å²) < 4.78 is 19.5. The molecule has 1 saturated heterocycles. The Balaban J connectivity index is 2.02. The van der Waals surface area contributed by atoms with Crippen molar-refractivity contribution >= 4 is 6.09 Å². The predicted octanol–water partition coefficient (Wildman–Crippen LogP) is 3.40. The highest BCUT2D eigenvalue weighted by molar-refractivity contribution is 5.68. The van der Waals surface area contributed by atoms with Crippen LogP contribution in [0, 0.1) is 5.82 Å². The molecule has 0 bridgehead atoms. The molecule has 0 aliphatic carbocycles. The van der Waals surface area contributed by atoms with Crippen LogP contribution in [0.15, 0.2) is 18.2 Å². The first-order valence-corrected chi connectivity index (χ1v) is 7.77. The van der Waals surface area contributed by atoms with Gasteiger partial charge in [-0.1, -0.05) is 12.1 Å². The van der Waals surface area contributed by atoms with Crippen molar-refractivity contribution in [3.63, 3.8) is 0 Å². The number of carbonyl (C=O) groups excluding carboxylic acids is 1. The molecule has 1 aliphatic rings. The zero-order chi connectivity index (χ0) is 16.3. The molecule has 5 heteroatoms. The molecule has 0 aromatic heterocycles. The van der Waals surface area contributed by atoms with Gasteiger partial charge in [0.15, 0.2) is 0 Å². The lowest BCUT2D eigenvalue weighted by Gasteiger charge is -2.34. The lowest BCUT2D eigenvalue weighted by molar-refractivity contribution is 0.0204. The number of benzene rings is 1. The van der Waals surface area contributed by atoms with Gasteiger partial charge in [-0.3, -0.25) is 0 Å². The van der Waals surface area contributed by atoms with Gasteiger partial charge < -0.3 is 15.4 Å². The van der Waals surface area contributed by atoms with E-state index in [9.17, 15) is 9.18 Å². The summed E-state index contributed by atoms with van der Waals surface area (Å²) >= 11 is 0. The average molecular weight is 308 g/mol. The molecule has 2 N–H and O–H groups in total. The second-order valence-electron chi connectivity index (χ2n) is 6.76. The summed E-state index contributed by atoms with van der Waals surface area (Å²) in [4.78, 5) is 13.8. The average Bonchev–Trinajstić information content (AvgIpc) is 2.45. The molecule has 0 spiro atoms. The minimum absolute atomic E-state index is 0.110. The third kappa shape index (κ3) is 3.97. The highest BCUT2D eigenvalue weighted by atomic mass is 19.1. The molecule has 1 amide bonds. The van der Waals surface area contributed by atoms with E-state index in [0.717, 1.165) is 18.4 Å². The summed E-state index contributed by atoms with van der Waals surface area (Å²) in [6, 6.07) is 5.05. The maximum Gasteiger partial charge on any atom is 0.410 e. The van der Waals surface area contributed by atoms with Crippen molar-refractivity contribution in [2.24, 2.45) is 5.73 Å². The van der Waals surface area contributed by atoms with E-state index >= 15 is 0 Å². The number of hydrogen-bond donors (Lipinski definition) is 1. The second kappa shape index (κ2) is 6.65. The fourth-order valence-electron chi connectivity index (χ4n) is 2.89. The topological polar surface area (TPSA) is 55.6 Å². The number of ether oxygens (including phenoxy) is 1. The van der Waals surface area contributed by atoms with Gasteiger partial charge in [0, 0.05) is 19.6 Å². The van der Waals surface area contributed by atoms with Crippen LogP contribution in [0.3, 0.4) is 0 Å². The Morgan fingerprint density at radius 1 is 1.36 bits per heavy atom. The van der Waals surface area contributed by atoms with Gasteiger partial charge in [0.25, 0.3) is 0 Å². The van der Waals surface area contributed by atoms with Crippen LogP contribution in [0.5, 0.6) is 0 Å². The Bertz CT molecular complexity index is 532. The van der Waals surface area contributed by atoms with Crippen LogP contribution < -0.4 is 5.73 Å². The fourth-order valence-corrected chi connectivity index (χ4v) is 2.89. The Kier molecular flexibility index (Phi) is 5.06. The lowest BCUT2D eigenvalue weighted by Crippen LogP contribution is -2.41. The van der Waals surface area contributed by atoms with Gasteiger partial charge >= 0.3 is 6.09 Å². The minimum Gasteiger partial charge on any atom is -0.444 e. The number of nitrogens with zero attached hydrogens (tertiary/aromatic N) is 1. The van der Waals surface area contributed by atoms with Crippen LogP contribution in [0.4, 0.5) is 9.18 Å². The summed E-state index contributed by atoms with van der Waals surface area (Å²) in [6.07, 6.45) is 1.17. The molecule has 0 unspecified atom stereocenters. The number of likely N-dealkylation sites (tertiary alicyclic amines) is 1. The molecule has 0 atom stereocenters. The van der Waals surface area contributed by atoms with Gasteiger partial charge in [-0.25, -0.2) is 9.18 Å². The molecule has 1 aromatic carbocycles. The summed E-state index contributed by atoms with van der Waals surface area (Å²) in [7, 11) is 0. The molecule has 0 radical (unpaired) electrons.